The lowest BCUT2D eigenvalue weighted by Crippen LogP contribution is -2.01. The summed E-state index contributed by atoms with van der Waals surface area (Å²) >= 11 is 0. The molecular formula is C25H31F. The van der Waals surface area contributed by atoms with Crippen LogP contribution in [0.25, 0.3) is 11.1 Å². The Kier molecular flexibility index (Phi) is 5.16. The Bertz CT molecular complexity index is 731. The Morgan fingerprint density at radius 2 is 1.58 bits per heavy atom. The summed E-state index contributed by atoms with van der Waals surface area (Å²) in [6.07, 6.45) is 9.12. The first kappa shape index (κ1) is 17.8. The average molecular weight is 351 g/mol. The van der Waals surface area contributed by atoms with Crippen molar-refractivity contribution < 1.29 is 4.39 Å². The fraction of sp³-hybridized carbons (Fsp3) is 0.520. The predicted octanol–water partition coefficient (Wildman–Crippen LogP) is 7.38. The summed E-state index contributed by atoms with van der Waals surface area (Å²) in [6.45, 7) is 4.45. The van der Waals surface area contributed by atoms with E-state index in [2.05, 4.69) is 32.0 Å². The van der Waals surface area contributed by atoms with Gasteiger partial charge in [-0.05, 0) is 78.5 Å². The monoisotopic (exact) mass is 350 g/mol. The van der Waals surface area contributed by atoms with Crippen LogP contribution in [0.1, 0.15) is 69.4 Å². The van der Waals surface area contributed by atoms with Gasteiger partial charge in [0.15, 0.2) is 0 Å². The molecule has 2 aliphatic carbocycles. The van der Waals surface area contributed by atoms with Gasteiger partial charge in [0.25, 0.3) is 0 Å². The van der Waals surface area contributed by atoms with E-state index >= 15 is 0 Å². The molecule has 26 heavy (non-hydrogen) atoms. The molecule has 0 aliphatic heterocycles. The summed E-state index contributed by atoms with van der Waals surface area (Å²) in [5.74, 6) is 3.24. The molecular weight excluding hydrogens is 319 g/mol. The first-order valence-corrected chi connectivity index (χ1v) is 10.6. The Hall–Kier alpha value is -1.63. The first-order valence-electron chi connectivity index (χ1n) is 10.6. The third-order valence-corrected chi connectivity index (χ3v) is 6.95. The highest BCUT2D eigenvalue weighted by Crippen LogP contribution is 2.53. The quantitative estimate of drug-likeness (QED) is 0.528. The van der Waals surface area contributed by atoms with Gasteiger partial charge in [0.1, 0.15) is 5.82 Å². The van der Waals surface area contributed by atoms with Crippen molar-refractivity contribution in [2.75, 3.05) is 0 Å². The van der Waals surface area contributed by atoms with Gasteiger partial charge in [-0.25, -0.2) is 4.39 Å². The first-order chi connectivity index (χ1) is 12.7. The van der Waals surface area contributed by atoms with E-state index in [1.54, 1.807) is 0 Å². The SMILES string of the molecule is CCCC1CC2CC(c3ccc(-c4ccc(CC)cc4)c(F)c3)CC2C1. The van der Waals surface area contributed by atoms with E-state index in [4.69, 9.17) is 0 Å². The Balaban J connectivity index is 1.47. The maximum atomic E-state index is 14.8. The van der Waals surface area contributed by atoms with E-state index < -0.39 is 0 Å². The van der Waals surface area contributed by atoms with E-state index in [-0.39, 0.29) is 5.82 Å². The topological polar surface area (TPSA) is 0 Å². The second kappa shape index (κ2) is 7.55. The molecule has 4 rings (SSSR count). The van der Waals surface area contributed by atoms with Crippen LogP contribution in [0.2, 0.25) is 0 Å². The van der Waals surface area contributed by atoms with Crippen LogP contribution in [-0.2, 0) is 6.42 Å². The second-order valence-electron chi connectivity index (χ2n) is 8.60. The van der Waals surface area contributed by atoms with Crippen molar-refractivity contribution in [3.05, 3.63) is 59.4 Å². The van der Waals surface area contributed by atoms with Crippen LogP contribution in [0.4, 0.5) is 4.39 Å². The highest BCUT2D eigenvalue weighted by atomic mass is 19.1. The molecule has 0 radical (unpaired) electrons. The maximum absolute atomic E-state index is 14.8. The van der Waals surface area contributed by atoms with E-state index in [0.717, 1.165) is 35.3 Å². The van der Waals surface area contributed by atoms with Crippen molar-refractivity contribution in [2.45, 2.75) is 64.7 Å². The molecule has 0 heterocycles. The van der Waals surface area contributed by atoms with Gasteiger partial charge in [-0.2, -0.15) is 0 Å². The van der Waals surface area contributed by atoms with Gasteiger partial charge in [-0.1, -0.05) is 63.1 Å². The molecule has 0 aromatic heterocycles. The van der Waals surface area contributed by atoms with Gasteiger partial charge in [0, 0.05) is 5.56 Å². The predicted molar refractivity (Wildman–Crippen MR) is 108 cm³/mol. The minimum Gasteiger partial charge on any atom is -0.206 e. The third-order valence-electron chi connectivity index (χ3n) is 6.95. The normalized spacial score (nSPS) is 27.7. The van der Waals surface area contributed by atoms with Gasteiger partial charge in [0.05, 0.1) is 0 Å². The second-order valence-corrected chi connectivity index (χ2v) is 8.60. The molecule has 1 heteroatoms. The van der Waals surface area contributed by atoms with Crippen molar-refractivity contribution in [1.82, 2.24) is 0 Å². The van der Waals surface area contributed by atoms with Crippen LogP contribution in [0.5, 0.6) is 0 Å². The molecule has 0 amide bonds. The van der Waals surface area contributed by atoms with Crippen LogP contribution in [0, 0.1) is 23.6 Å². The van der Waals surface area contributed by atoms with Crippen molar-refractivity contribution in [1.29, 1.82) is 0 Å². The number of halogens is 1. The largest absolute Gasteiger partial charge is 0.206 e. The van der Waals surface area contributed by atoms with Crippen molar-refractivity contribution in [3.8, 4) is 11.1 Å². The molecule has 2 aliphatic rings. The average Bonchev–Trinajstić information content (AvgIpc) is 3.21. The van der Waals surface area contributed by atoms with E-state index in [1.807, 2.05) is 24.3 Å². The fourth-order valence-corrected chi connectivity index (χ4v) is 5.60. The molecule has 0 saturated heterocycles. The summed E-state index contributed by atoms with van der Waals surface area (Å²) in [5.41, 5.74) is 4.23. The Labute approximate surface area is 157 Å². The number of benzene rings is 2. The van der Waals surface area contributed by atoms with E-state index in [0.29, 0.717) is 5.92 Å². The molecule has 2 aromatic rings. The fourth-order valence-electron chi connectivity index (χ4n) is 5.60. The zero-order valence-electron chi connectivity index (χ0n) is 16.2. The lowest BCUT2D eigenvalue weighted by Gasteiger charge is -2.16. The van der Waals surface area contributed by atoms with E-state index in [1.165, 1.54) is 49.7 Å². The summed E-state index contributed by atoms with van der Waals surface area (Å²) in [7, 11) is 0. The van der Waals surface area contributed by atoms with Crippen LogP contribution >= 0.6 is 0 Å². The lowest BCUT2D eigenvalue weighted by molar-refractivity contribution is 0.439. The van der Waals surface area contributed by atoms with Crippen LogP contribution < -0.4 is 0 Å². The van der Waals surface area contributed by atoms with Gasteiger partial charge < -0.3 is 0 Å². The van der Waals surface area contributed by atoms with Crippen molar-refractivity contribution in [2.24, 2.45) is 17.8 Å². The number of rotatable bonds is 5. The van der Waals surface area contributed by atoms with Crippen molar-refractivity contribution in [3.63, 3.8) is 0 Å². The summed E-state index contributed by atoms with van der Waals surface area (Å²) in [6, 6.07) is 14.3. The zero-order chi connectivity index (χ0) is 18.1. The standard InChI is InChI=1S/C25H31F/c1-3-5-18-12-21-14-23(15-22(21)13-18)20-10-11-24(25(26)16-20)19-8-6-17(4-2)7-9-19/h6-11,16,18,21-23H,3-5,12-15H2,1-2H3. The number of hydrogen-bond acceptors (Lipinski definition) is 0. The summed E-state index contributed by atoms with van der Waals surface area (Å²) in [4.78, 5) is 0. The maximum Gasteiger partial charge on any atom is 0.131 e. The summed E-state index contributed by atoms with van der Waals surface area (Å²) < 4.78 is 14.8. The molecule has 2 aromatic carbocycles. The molecule has 138 valence electrons. The smallest absolute Gasteiger partial charge is 0.131 e. The molecule has 0 spiro atoms. The van der Waals surface area contributed by atoms with Gasteiger partial charge in [-0.15, -0.1) is 0 Å². The number of hydrogen-bond donors (Lipinski definition) is 0. The summed E-state index contributed by atoms with van der Waals surface area (Å²) in [5, 5.41) is 0. The lowest BCUT2D eigenvalue weighted by atomic mass is 9.90. The molecule has 2 fully saturated rings. The zero-order valence-corrected chi connectivity index (χ0v) is 16.2. The molecule has 0 nitrogen and oxygen atoms in total. The highest BCUT2D eigenvalue weighted by molar-refractivity contribution is 5.65. The molecule has 0 N–H and O–H groups in total. The molecule has 2 unspecified atom stereocenters. The third kappa shape index (κ3) is 3.46. The van der Waals surface area contributed by atoms with Crippen LogP contribution in [0.15, 0.2) is 42.5 Å². The highest BCUT2D eigenvalue weighted by Gasteiger charge is 2.41. The van der Waals surface area contributed by atoms with Crippen LogP contribution in [-0.4, -0.2) is 0 Å². The van der Waals surface area contributed by atoms with E-state index in [9.17, 15) is 4.39 Å². The molecule has 2 atom stereocenters. The Morgan fingerprint density at radius 3 is 2.15 bits per heavy atom. The minimum atomic E-state index is -0.0623. The van der Waals surface area contributed by atoms with Crippen LogP contribution in [0.3, 0.4) is 0 Å². The Morgan fingerprint density at radius 1 is 0.885 bits per heavy atom. The van der Waals surface area contributed by atoms with Gasteiger partial charge >= 0.3 is 0 Å². The molecule has 0 bridgehead atoms. The number of aryl methyl sites for hydroxylation is 1. The van der Waals surface area contributed by atoms with Gasteiger partial charge in [0.2, 0.25) is 0 Å². The minimum absolute atomic E-state index is 0.0623. The van der Waals surface area contributed by atoms with Crippen molar-refractivity contribution >= 4 is 0 Å². The van der Waals surface area contributed by atoms with Gasteiger partial charge in [-0.3, -0.25) is 0 Å². The number of fused-ring (bicyclic) bond motifs is 1. The molecule has 2 saturated carbocycles.